The first-order chi connectivity index (χ1) is 26.7. The smallest absolute Gasteiger partial charge is 0.416 e. The summed E-state index contributed by atoms with van der Waals surface area (Å²) in [7, 11) is 1.56. The summed E-state index contributed by atoms with van der Waals surface area (Å²) < 4.78 is 67.8. The number of anilines is 1. The summed E-state index contributed by atoms with van der Waals surface area (Å²) in [6, 6.07) is 4.83. The number of methoxy groups -OCH3 is 1. The van der Waals surface area contributed by atoms with Crippen molar-refractivity contribution in [1.29, 1.82) is 0 Å². The number of likely N-dealkylation sites (tertiary alicyclic amines) is 1. The number of pyridine rings is 1. The fourth-order valence-corrected chi connectivity index (χ4v) is 8.38. The van der Waals surface area contributed by atoms with Crippen molar-refractivity contribution in [2.24, 2.45) is 11.3 Å². The lowest BCUT2D eigenvalue weighted by Gasteiger charge is -2.36. The lowest BCUT2D eigenvalue weighted by atomic mass is 9.85. The molecule has 2 amide bonds. The first-order valence-electron chi connectivity index (χ1n) is 18.8. The number of aromatic nitrogens is 2. The van der Waals surface area contributed by atoms with Crippen molar-refractivity contribution in [3.8, 4) is 22.2 Å². The van der Waals surface area contributed by atoms with Crippen LogP contribution in [0.15, 0.2) is 41.8 Å². The van der Waals surface area contributed by atoms with Crippen molar-refractivity contribution < 1.29 is 46.5 Å². The second-order valence-electron chi connectivity index (χ2n) is 16.3. The molecule has 16 heteroatoms. The second-order valence-corrected chi connectivity index (χ2v) is 17.1. The molecule has 5 atom stereocenters. The van der Waals surface area contributed by atoms with Crippen LogP contribution >= 0.6 is 11.3 Å². The highest BCUT2D eigenvalue weighted by molar-refractivity contribution is 7.13. The number of carbonyl (C=O) groups excluding carboxylic acids is 2. The average Bonchev–Trinajstić information content (AvgIpc) is 3.42. The Kier molecular flexibility index (Phi) is 11.3. The molecule has 2 aliphatic rings. The van der Waals surface area contributed by atoms with Crippen LogP contribution < -0.4 is 20.1 Å². The molecule has 1 aliphatic carbocycles. The molecule has 2 aromatic heterocycles. The molecule has 0 radical (unpaired) electrons. The van der Waals surface area contributed by atoms with Gasteiger partial charge in [-0.25, -0.2) is 19.2 Å². The molecule has 6 rings (SSSR count). The molecule has 5 unspecified atom stereocenters. The molecular weight excluding hydrogens is 767 g/mol. The topological polar surface area (TPSA) is 143 Å². The Hall–Kier alpha value is -4.99. The predicted molar refractivity (Wildman–Crippen MR) is 208 cm³/mol. The number of carbonyl (C=O) groups is 3. The monoisotopic (exact) mass is 813 g/mol. The minimum Gasteiger partial charge on any atom is -0.496 e. The van der Waals surface area contributed by atoms with Gasteiger partial charge in [0, 0.05) is 34.5 Å². The minimum absolute atomic E-state index is 0.0395. The maximum Gasteiger partial charge on any atom is 0.416 e. The van der Waals surface area contributed by atoms with Gasteiger partial charge in [0.25, 0.3) is 0 Å². The molecule has 57 heavy (non-hydrogen) atoms. The van der Waals surface area contributed by atoms with E-state index in [1.807, 2.05) is 33.1 Å². The largest absolute Gasteiger partial charge is 0.496 e. The van der Waals surface area contributed by atoms with Crippen LogP contribution in [0.5, 0.6) is 11.5 Å². The van der Waals surface area contributed by atoms with Gasteiger partial charge in [0.15, 0.2) is 0 Å². The predicted octanol–water partition coefficient (Wildman–Crippen LogP) is 8.20. The number of nitrogens with one attached hydrogen (secondary N) is 2. The molecule has 0 spiro atoms. The van der Waals surface area contributed by atoms with Crippen molar-refractivity contribution in [1.82, 2.24) is 20.2 Å². The lowest BCUT2D eigenvalue weighted by molar-refractivity contribution is -0.146. The fraction of sp³-hybridized carbons (Fsp3) is 0.488. The Labute approximate surface area is 332 Å². The van der Waals surface area contributed by atoms with E-state index in [0.717, 1.165) is 23.4 Å². The van der Waals surface area contributed by atoms with Crippen LogP contribution in [-0.4, -0.2) is 75.1 Å². The van der Waals surface area contributed by atoms with Crippen LogP contribution in [0.1, 0.15) is 83.5 Å². The van der Waals surface area contributed by atoms with E-state index >= 15 is 0 Å². The van der Waals surface area contributed by atoms with Gasteiger partial charge in [-0.3, -0.25) is 9.59 Å². The van der Waals surface area contributed by atoms with E-state index in [2.05, 4.69) is 10.6 Å². The minimum atomic E-state index is -4.85. The standard InChI is InChI=1S/C41H47F4N5O6S/c1-9-22-17-40(22,38(53)54)49-35(51)30-15-26(18-50(30)37(52)34(39(5,6)7)46-25-13-23(41(43,44)45)12-24(42)14-25)56-32-16-28(36-48-29(19-57-36)20(2)3)47-33-21(4)31(55-8)11-10-27(32)33/h10-14,16,19-20,22,26,30,34,46H,9,15,17-18H2,1-8H3,(H,49,51)(H,53,54). The van der Waals surface area contributed by atoms with Gasteiger partial charge in [-0.05, 0) is 60.9 Å². The van der Waals surface area contributed by atoms with E-state index in [0.29, 0.717) is 45.6 Å². The van der Waals surface area contributed by atoms with Crippen molar-refractivity contribution in [2.45, 2.75) is 104 Å². The highest BCUT2D eigenvalue weighted by Gasteiger charge is 2.61. The summed E-state index contributed by atoms with van der Waals surface area (Å²) in [6.07, 6.45) is -4.96. The third-order valence-corrected chi connectivity index (χ3v) is 11.7. The number of nitrogens with zero attached hydrogens (tertiary/aromatic N) is 3. The van der Waals surface area contributed by atoms with Gasteiger partial charge < -0.3 is 30.1 Å². The van der Waals surface area contributed by atoms with Gasteiger partial charge in [0.2, 0.25) is 11.8 Å². The number of halogens is 4. The molecular formula is C41H47F4N5O6S. The third-order valence-electron chi connectivity index (χ3n) is 10.8. The van der Waals surface area contributed by atoms with Crippen LogP contribution in [0.4, 0.5) is 23.2 Å². The number of hydrogen-bond donors (Lipinski definition) is 3. The van der Waals surface area contributed by atoms with E-state index in [1.165, 1.54) is 16.2 Å². The molecule has 1 aliphatic heterocycles. The maximum absolute atomic E-state index is 14.7. The Morgan fingerprint density at radius 2 is 1.81 bits per heavy atom. The van der Waals surface area contributed by atoms with Crippen LogP contribution in [0.3, 0.4) is 0 Å². The fourth-order valence-electron chi connectivity index (χ4n) is 7.44. The summed E-state index contributed by atoms with van der Waals surface area (Å²) in [6.45, 7) is 12.7. The van der Waals surface area contributed by atoms with E-state index in [9.17, 15) is 37.1 Å². The normalized spacial score (nSPS) is 21.4. The van der Waals surface area contributed by atoms with Gasteiger partial charge in [-0.15, -0.1) is 11.3 Å². The molecule has 4 aromatic rings. The van der Waals surface area contributed by atoms with Crippen LogP contribution in [0.2, 0.25) is 0 Å². The summed E-state index contributed by atoms with van der Waals surface area (Å²) in [5.74, 6) is -2.81. The number of carboxylic acids is 1. The van der Waals surface area contributed by atoms with E-state index in [1.54, 1.807) is 46.1 Å². The Balaban J connectivity index is 1.39. The van der Waals surface area contributed by atoms with Crippen molar-refractivity contribution in [2.75, 3.05) is 19.0 Å². The molecule has 2 aromatic carbocycles. The number of amides is 2. The van der Waals surface area contributed by atoms with Gasteiger partial charge in [0.05, 0.1) is 30.4 Å². The number of aryl methyl sites for hydroxylation is 1. The highest BCUT2D eigenvalue weighted by atomic mass is 32.1. The second kappa shape index (κ2) is 15.4. The van der Waals surface area contributed by atoms with Gasteiger partial charge in [0.1, 0.15) is 51.7 Å². The average molecular weight is 814 g/mol. The number of hydrogen-bond acceptors (Lipinski definition) is 9. The molecule has 2 fully saturated rings. The number of rotatable bonds is 12. The number of fused-ring (bicyclic) bond motifs is 1. The molecule has 11 nitrogen and oxygen atoms in total. The van der Waals surface area contributed by atoms with Crippen LogP contribution in [0, 0.1) is 24.1 Å². The molecule has 1 saturated carbocycles. The zero-order valence-electron chi connectivity index (χ0n) is 33.0. The van der Waals surface area contributed by atoms with Crippen molar-refractivity contribution in [3.05, 3.63) is 64.4 Å². The molecule has 306 valence electrons. The number of ether oxygens (including phenoxy) is 2. The lowest BCUT2D eigenvalue weighted by Crippen LogP contribution is -2.56. The summed E-state index contributed by atoms with van der Waals surface area (Å²) >= 11 is 1.43. The SMILES string of the molecule is CCC1CC1(NC(=O)C1CC(Oc2cc(-c3nc(C(C)C)cs3)nc3c(C)c(OC)ccc23)CN1C(=O)C(Nc1cc(F)cc(C(F)(F)F)c1)C(C)(C)C)C(=O)O. The van der Waals surface area contributed by atoms with E-state index < -0.39 is 64.5 Å². The Morgan fingerprint density at radius 1 is 1.09 bits per heavy atom. The number of carboxylic acid groups (broad SMARTS) is 1. The number of benzene rings is 2. The quantitative estimate of drug-likeness (QED) is 0.121. The van der Waals surface area contributed by atoms with Crippen molar-refractivity contribution >= 4 is 45.7 Å². The zero-order chi connectivity index (χ0) is 41.8. The number of thiazole rings is 1. The summed E-state index contributed by atoms with van der Waals surface area (Å²) in [4.78, 5) is 52.3. The van der Waals surface area contributed by atoms with E-state index in [-0.39, 0.29) is 36.9 Å². The van der Waals surface area contributed by atoms with E-state index in [4.69, 9.17) is 19.4 Å². The zero-order valence-corrected chi connectivity index (χ0v) is 33.8. The third kappa shape index (κ3) is 8.37. The first kappa shape index (κ1) is 41.6. The molecule has 3 N–H and O–H groups in total. The number of aliphatic carboxylic acids is 1. The summed E-state index contributed by atoms with van der Waals surface area (Å²) in [5, 5.41) is 18.9. The summed E-state index contributed by atoms with van der Waals surface area (Å²) in [5.41, 5.74) is -1.19. The van der Waals surface area contributed by atoms with Gasteiger partial charge >= 0.3 is 12.1 Å². The van der Waals surface area contributed by atoms with Crippen molar-refractivity contribution in [3.63, 3.8) is 0 Å². The Morgan fingerprint density at radius 3 is 2.39 bits per heavy atom. The van der Waals surface area contributed by atoms with Gasteiger partial charge in [-0.1, -0.05) is 48.0 Å². The molecule has 3 heterocycles. The molecule has 1 saturated heterocycles. The van der Waals surface area contributed by atoms with Crippen LogP contribution in [-0.2, 0) is 20.6 Å². The van der Waals surface area contributed by atoms with Crippen LogP contribution in [0.25, 0.3) is 21.6 Å². The Bertz CT molecular complexity index is 2200. The number of alkyl halides is 3. The first-order valence-corrected chi connectivity index (χ1v) is 19.7. The highest BCUT2D eigenvalue weighted by Crippen LogP contribution is 2.46. The maximum atomic E-state index is 14.7. The van der Waals surface area contributed by atoms with Gasteiger partial charge in [-0.2, -0.15) is 13.2 Å². The molecule has 0 bridgehead atoms.